The summed E-state index contributed by atoms with van der Waals surface area (Å²) in [5.74, 6) is -0.974. The van der Waals surface area contributed by atoms with Gasteiger partial charge >= 0.3 is 12.4 Å². The highest BCUT2D eigenvalue weighted by molar-refractivity contribution is 5.27. The van der Waals surface area contributed by atoms with Gasteiger partial charge in [-0.2, -0.15) is 26.3 Å². The molecule has 2 aromatic rings. The minimum absolute atomic E-state index is 0.302. The van der Waals surface area contributed by atoms with E-state index in [2.05, 4.69) is 0 Å². The van der Waals surface area contributed by atoms with E-state index in [1.54, 1.807) is 0 Å². The number of benzene rings is 2. The Balaban J connectivity index is 1.53. The first-order valence-corrected chi connectivity index (χ1v) is 9.26. The van der Waals surface area contributed by atoms with Crippen molar-refractivity contribution in [2.45, 2.75) is 38.2 Å². The highest BCUT2D eigenvalue weighted by Gasteiger charge is 2.34. The quantitative estimate of drug-likeness (QED) is 0.525. The number of hydrogen-bond donors (Lipinski definition) is 0. The smallest absolute Gasteiger partial charge is 0.299 e. The lowest BCUT2D eigenvalue weighted by Crippen LogP contribution is -2.34. The zero-order chi connectivity index (χ0) is 21.2. The van der Waals surface area contributed by atoms with E-state index >= 15 is 0 Å². The van der Waals surface area contributed by atoms with Gasteiger partial charge in [0.2, 0.25) is 0 Å². The summed E-state index contributed by atoms with van der Waals surface area (Å²) in [6.45, 7) is 1.64. The highest BCUT2D eigenvalue weighted by Crippen LogP contribution is 2.33. The molecule has 0 spiro atoms. The van der Waals surface area contributed by atoms with E-state index in [1.807, 2.05) is 4.90 Å². The van der Waals surface area contributed by atoms with Crippen LogP contribution in [0.1, 0.15) is 35.1 Å². The van der Waals surface area contributed by atoms with Crippen LogP contribution in [-0.4, -0.2) is 18.0 Å². The van der Waals surface area contributed by atoms with Crippen LogP contribution in [0.5, 0.6) is 0 Å². The zero-order valence-electron chi connectivity index (χ0n) is 15.5. The molecule has 0 aromatic heterocycles. The van der Waals surface area contributed by atoms with E-state index in [9.17, 15) is 30.7 Å². The average molecular weight is 419 g/mol. The predicted molar refractivity (Wildman–Crippen MR) is 94.6 cm³/mol. The third kappa shape index (κ3) is 5.72. The van der Waals surface area contributed by atoms with Gasteiger partial charge in [-0.3, -0.25) is 4.90 Å². The Bertz CT molecular complexity index is 816. The fourth-order valence-corrected chi connectivity index (χ4v) is 3.66. The van der Waals surface area contributed by atoms with E-state index in [4.69, 9.17) is 0 Å². The van der Waals surface area contributed by atoms with E-state index < -0.39 is 29.3 Å². The summed E-state index contributed by atoms with van der Waals surface area (Å²) in [7, 11) is 0. The lowest BCUT2D eigenvalue weighted by Gasteiger charge is -2.32. The van der Waals surface area contributed by atoms with Crippen molar-refractivity contribution in [2.75, 3.05) is 13.1 Å². The molecule has 0 N–H and O–H groups in total. The Morgan fingerprint density at radius 2 is 1.38 bits per heavy atom. The molecule has 29 heavy (non-hydrogen) atoms. The molecule has 1 fully saturated rings. The molecule has 1 aliphatic heterocycles. The maximum Gasteiger partial charge on any atom is 0.419 e. The number of piperidine rings is 1. The first kappa shape index (κ1) is 21.6. The van der Waals surface area contributed by atoms with Crippen LogP contribution in [0.4, 0.5) is 30.7 Å². The summed E-state index contributed by atoms with van der Waals surface area (Å²) in [5.41, 5.74) is -0.689. The molecule has 158 valence electrons. The van der Waals surface area contributed by atoms with Crippen LogP contribution in [0, 0.1) is 11.7 Å². The molecule has 8 heteroatoms. The molecule has 0 amide bonds. The van der Waals surface area contributed by atoms with E-state index in [0.717, 1.165) is 42.7 Å². The molecule has 2 aromatic carbocycles. The van der Waals surface area contributed by atoms with Gasteiger partial charge in [0.25, 0.3) is 0 Å². The van der Waals surface area contributed by atoms with Gasteiger partial charge in [0.15, 0.2) is 0 Å². The molecular weight excluding hydrogens is 399 g/mol. The molecule has 0 saturated carbocycles. The fourth-order valence-electron chi connectivity index (χ4n) is 3.66. The average Bonchev–Trinajstić information content (AvgIpc) is 2.64. The van der Waals surface area contributed by atoms with E-state index in [-0.39, 0.29) is 0 Å². The topological polar surface area (TPSA) is 3.24 Å². The van der Waals surface area contributed by atoms with Gasteiger partial charge < -0.3 is 0 Å². The van der Waals surface area contributed by atoms with Crippen LogP contribution in [0.2, 0.25) is 0 Å². The van der Waals surface area contributed by atoms with Crippen LogP contribution in [0.3, 0.4) is 0 Å². The normalized spacial score (nSPS) is 16.9. The SMILES string of the molecule is Fc1ccc(CN2CCC(Cc3ccc(C(F)(F)F)cc3)CC2)cc1C(F)(F)F. The first-order valence-electron chi connectivity index (χ1n) is 9.26. The van der Waals surface area contributed by atoms with Gasteiger partial charge in [-0.25, -0.2) is 4.39 Å². The Morgan fingerprint density at radius 3 is 1.93 bits per heavy atom. The Morgan fingerprint density at radius 1 is 0.793 bits per heavy atom. The van der Waals surface area contributed by atoms with E-state index in [1.165, 1.54) is 18.2 Å². The van der Waals surface area contributed by atoms with Crippen LogP contribution < -0.4 is 0 Å². The Kier molecular flexibility index (Phi) is 6.22. The third-order valence-electron chi connectivity index (χ3n) is 5.26. The minimum Gasteiger partial charge on any atom is -0.299 e. The van der Waals surface area contributed by atoms with Crippen molar-refractivity contribution >= 4 is 0 Å². The number of likely N-dealkylation sites (tertiary alicyclic amines) is 1. The second-order valence-electron chi connectivity index (χ2n) is 7.43. The van der Waals surface area contributed by atoms with Gasteiger partial charge in [-0.05, 0) is 73.7 Å². The molecule has 1 heterocycles. The lowest BCUT2D eigenvalue weighted by molar-refractivity contribution is -0.140. The summed E-state index contributed by atoms with van der Waals surface area (Å²) in [4.78, 5) is 2.01. The summed E-state index contributed by atoms with van der Waals surface area (Å²) in [6.07, 6.45) is -6.81. The first-order chi connectivity index (χ1) is 13.5. The van der Waals surface area contributed by atoms with Crippen molar-refractivity contribution in [3.63, 3.8) is 0 Å². The zero-order valence-corrected chi connectivity index (χ0v) is 15.5. The maximum atomic E-state index is 13.4. The van der Waals surface area contributed by atoms with E-state index in [0.29, 0.717) is 37.5 Å². The number of nitrogens with zero attached hydrogens (tertiary/aromatic N) is 1. The molecule has 0 radical (unpaired) electrons. The standard InChI is InChI=1S/C21H20F7N/c22-19-6-3-16(12-18(19)21(26,27)28)13-29-9-7-15(8-10-29)11-14-1-4-17(5-2-14)20(23,24)25/h1-6,12,15H,7-11,13H2. The van der Waals surface area contributed by atoms with Crippen LogP contribution >= 0.6 is 0 Å². The Hall–Kier alpha value is -2.09. The molecule has 1 aliphatic rings. The molecule has 0 aliphatic carbocycles. The predicted octanol–water partition coefficient (Wildman–Crippen LogP) is 6.32. The largest absolute Gasteiger partial charge is 0.419 e. The number of hydrogen-bond acceptors (Lipinski definition) is 1. The third-order valence-corrected chi connectivity index (χ3v) is 5.26. The van der Waals surface area contributed by atoms with Gasteiger partial charge in [0, 0.05) is 6.54 Å². The molecule has 0 atom stereocenters. The van der Waals surface area contributed by atoms with Gasteiger partial charge in [0.05, 0.1) is 11.1 Å². The van der Waals surface area contributed by atoms with Crippen molar-refractivity contribution in [3.8, 4) is 0 Å². The molecule has 0 unspecified atom stereocenters. The van der Waals surface area contributed by atoms with Gasteiger partial charge in [-0.1, -0.05) is 18.2 Å². The number of rotatable bonds is 4. The summed E-state index contributed by atoms with van der Waals surface area (Å²) in [6, 6.07) is 8.20. The molecule has 3 rings (SSSR count). The lowest BCUT2D eigenvalue weighted by atomic mass is 9.89. The summed E-state index contributed by atoms with van der Waals surface area (Å²) in [5, 5.41) is 0. The van der Waals surface area contributed by atoms with Crippen molar-refractivity contribution in [1.82, 2.24) is 4.90 Å². The van der Waals surface area contributed by atoms with Crippen LogP contribution in [-0.2, 0) is 25.3 Å². The highest BCUT2D eigenvalue weighted by atomic mass is 19.4. The van der Waals surface area contributed by atoms with Crippen molar-refractivity contribution in [2.24, 2.45) is 5.92 Å². The van der Waals surface area contributed by atoms with Crippen molar-refractivity contribution in [1.29, 1.82) is 0 Å². The van der Waals surface area contributed by atoms with Gasteiger partial charge in [0.1, 0.15) is 5.82 Å². The van der Waals surface area contributed by atoms with Crippen molar-refractivity contribution < 1.29 is 30.7 Å². The fraction of sp³-hybridized carbons (Fsp3) is 0.429. The second-order valence-corrected chi connectivity index (χ2v) is 7.43. The molecule has 0 bridgehead atoms. The molecule has 1 nitrogen and oxygen atoms in total. The minimum atomic E-state index is -4.73. The second kappa shape index (κ2) is 8.34. The molecular formula is C21H20F7N. The van der Waals surface area contributed by atoms with Crippen molar-refractivity contribution in [3.05, 3.63) is 70.5 Å². The monoisotopic (exact) mass is 419 g/mol. The molecule has 1 saturated heterocycles. The van der Waals surface area contributed by atoms with Gasteiger partial charge in [-0.15, -0.1) is 0 Å². The maximum absolute atomic E-state index is 13.4. The summed E-state index contributed by atoms with van der Waals surface area (Å²) >= 11 is 0. The number of halogens is 7. The van der Waals surface area contributed by atoms with Crippen LogP contribution in [0.25, 0.3) is 0 Å². The number of alkyl halides is 6. The Labute approximate surface area is 164 Å². The summed E-state index contributed by atoms with van der Waals surface area (Å²) < 4.78 is 89.8. The van der Waals surface area contributed by atoms with Crippen LogP contribution in [0.15, 0.2) is 42.5 Å².